The van der Waals surface area contributed by atoms with Crippen LogP contribution >= 0.6 is 0 Å². The molecule has 0 atom stereocenters. The lowest BCUT2D eigenvalue weighted by Crippen LogP contribution is -2.24. The molecule has 0 radical (unpaired) electrons. The van der Waals surface area contributed by atoms with Crippen molar-refractivity contribution >= 4 is 17.3 Å². The number of rotatable bonds is 7. The van der Waals surface area contributed by atoms with Crippen LogP contribution in [0.25, 0.3) is 11.3 Å². The molecule has 0 aliphatic carbocycles. The van der Waals surface area contributed by atoms with Gasteiger partial charge in [0.25, 0.3) is 0 Å². The second-order valence-corrected chi connectivity index (χ2v) is 6.76. The van der Waals surface area contributed by atoms with E-state index in [-0.39, 0.29) is 11.4 Å². The summed E-state index contributed by atoms with van der Waals surface area (Å²) in [5.74, 6) is 0.0615. The highest BCUT2D eigenvalue weighted by atomic mass is 19.4. The van der Waals surface area contributed by atoms with Crippen molar-refractivity contribution in [3.8, 4) is 22.8 Å². The van der Waals surface area contributed by atoms with E-state index in [0.29, 0.717) is 23.4 Å². The molecule has 3 aromatic rings. The van der Waals surface area contributed by atoms with E-state index in [2.05, 4.69) is 15.3 Å². The highest BCUT2D eigenvalue weighted by Gasteiger charge is 2.37. The highest BCUT2D eigenvalue weighted by Crippen LogP contribution is 2.31. The van der Waals surface area contributed by atoms with Crippen molar-refractivity contribution in [2.24, 2.45) is 5.73 Å². The van der Waals surface area contributed by atoms with Crippen LogP contribution in [0.1, 0.15) is 28.5 Å². The van der Waals surface area contributed by atoms with Crippen molar-refractivity contribution in [3.63, 3.8) is 0 Å². The Balaban J connectivity index is 1.90. The monoisotopic (exact) mass is 443 g/mol. The molecule has 0 bridgehead atoms. The molecule has 0 unspecified atom stereocenters. The van der Waals surface area contributed by atoms with Gasteiger partial charge in [0, 0.05) is 36.5 Å². The Kier molecular flexibility index (Phi) is 6.42. The predicted molar refractivity (Wildman–Crippen MR) is 114 cm³/mol. The predicted octanol–water partition coefficient (Wildman–Crippen LogP) is 4.57. The number of halogens is 3. The maximum atomic E-state index is 12.9. The van der Waals surface area contributed by atoms with Crippen LogP contribution in [-0.4, -0.2) is 34.8 Å². The van der Waals surface area contributed by atoms with Gasteiger partial charge < -0.3 is 15.8 Å². The van der Waals surface area contributed by atoms with Gasteiger partial charge in [-0.05, 0) is 30.2 Å². The first-order chi connectivity index (χ1) is 15.1. The molecule has 10 heteroatoms. The van der Waals surface area contributed by atoms with Gasteiger partial charge in [0.2, 0.25) is 5.91 Å². The lowest BCUT2D eigenvalue weighted by molar-refractivity contribution is -0.0589. The second kappa shape index (κ2) is 9.04. The van der Waals surface area contributed by atoms with Gasteiger partial charge in [-0.1, -0.05) is 13.0 Å². The molecule has 7 nitrogen and oxygen atoms in total. The average molecular weight is 443 g/mol. The van der Waals surface area contributed by atoms with E-state index in [1.54, 1.807) is 24.3 Å². The number of aryl methyl sites for hydroxylation is 1. The van der Waals surface area contributed by atoms with E-state index >= 15 is 0 Å². The van der Waals surface area contributed by atoms with E-state index in [1.165, 1.54) is 19.3 Å². The number of ether oxygens (including phenoxy) is 1. The van der Waals surface area contributed by atoms with Crippen molar-refractivity contribution in [1.29, 1.82) is 5.41 Å². The zero-order valence-electron chi connectivity index (χ0n) is 17.2. The van der Waals surface area contributed by atoms with E-state index < -0.39 is 23.5 Å². The fourth-order valence-corrected chi connectivity index (χ4v) is 3.08. The number of hydrogen-bond acceptors (Lipinski definition) is 6. The van der Waals surface area contributed by atoms with Crippen molar-refractivity contribution < 1.29 is 22.7 Å². The van der Waals surface area contributed by atoms with Gasteiger partial charge in [0.1, 0.15) is 17.2 Å². The molecule has 2 aromatic heterocycles. The molecular formula is C22H20F3N5O2. The fourth-order valence-electron chi connectivity index (χ4n) is 3.08. The van der Waals surface area contributed by atoms with Crippen molar-refractivity contribution in [1.82, 2.24) is 9.97 Å². The molecule has 0 aliphatic rings. The molecule has 0 saturated heterocycles. The van der Waals surface area contributed by atoms with Gasteiger partial charge in [0.15, 0.2) is 5.71 Å². The van der Waals surface area contributed by atoms with Crippen LogP contribution in [-0.2, 0) is 6.42 Å². The summed E-state index contributed by atoms with van der Waals surface area (Å²) in [4.78, 5) is 19.6. The van der Waals surface area contributed by atoms with E-state index in [4.69, 9.17) is 15.9 Å². The number of alkyl halides is 3. The molecule has 0 spiro atoms. The molecular weight excluding hydrogens is 423 g/mol. The van der Waals surface area contributed by atoms with Gasteiger partial charge >= 0.3 is 6.18 Å². The molecule has 0 aliphatic heterocycles. The third-order valence-electron chi connectivity index (χ3n) is 4.67. The number of nitrogens with one attached hydrogen (secondary N) is 2. The van der Waals surface area contributed by atoms with E-state index in [0.717, 1.165) is 17.3 Å². The van der Waals surface area contributed by atoms with Crippen LogP contribution in [0.15, 0.2) is 48.8 Å². The van der Waals surface area contributed by atoms with Crippen LogP contribution in [0.4, 0.5) is 18.9 Å². The zero-order chi connectivity index (χ0) is 23.5. The number of pyridine rings is 2. The van der Waals surface area contributed by atoms with E-state index in [1.807, 2.05) is 13.0 Å². The molecule has 0 fully saturated rings. The number of hydrogen-bond donors (Lipinski definition) is 3. The summed E-state index contributed by atoms with van der Waals surface area (Å²) < 4.78 is 44.4. The SMILES string of the molecule is CCc1cc(-c2cc(Oc3cnc(C(=N)C(F)(F)F)c(NC)c3)ccn2)ccc1C(N)=O. The number of nitrogens with two attached hydrogens (primary N) is 1. The van der Waals surface area contributed by atoms with Crippen molar-refractivity contribution in [3.05, 3.63) is 65.6 Å². The smallest absolute Gasteiger partial charge is 0.434 e. The first kappa shape index (κ1) is 22.7. The molecule has 4 N–H and O–H groups in total. The Morgan fingerprint density at radius 1 is 1.16 bits per heavy atom. The first-order valence-corrected chi connectivity index (χ1v) is 9.55. The normalized spacial score (nSPS) is 11.2. The summed E-state index contributed by atoms with van der Waals surface area (Å²) in [7, 11) is 1.43. The lowest BCUT2D eigenvalue weighted by atomic mass is 9.99. The summed E-state index contributed by atoms with van der Waals surface area (Å²) in [5, 5.41) is 9.92. The van der Waals surface area contributed by atoms with Crippen molar-refractivity contribution in [2.75, 3.05) is 12.4 Å². The number of nitrogens with zero attached hydrogens (tertiary/aromatic N) is 2. The standard InChI is InChI=1S/C22H20F3N5O2/c1-3-12-8-13(4-5-16(12)21(27)31)17-9-14(6-7-29-17)32-15-10-18(28-2)19(30-11-15)20(26)22(23,24)25/h4-11,26,28H,3H2,1-2H3,(H2,27,31). The van der Waals surface area contributed by atoms with E-state index in [9.17, 15) is 18.0 Å². The number of carbonyl (C=O) groups excluding carboxylic acids is 1. The molecule has 32 heavy (non-hydrogen) atoms. The maximum Gasteiger partial charge on any atom is 0.434 e. The Bertz CT molecular complexity index is 1180. The minimum atomic E-state index is -4.82. The highest BCUT2D eigenvalue weighted by molar-refractivity contribution is 6.05. The number of aromatic nitrogens is 2. The number of carbonyl (C=O) groups is 1. The van der Waals surface area contributed by atoms with Gasteiger partial charge in [-0.3, -0.25) is 15.2 Å². The van der Waals surface area contributed by atoms with Crippen LogP contribution in [0.3, 0.4) is 0 Å². The third kappa shape index (κ3) is 4.85. The first-order valence-electron chi connectivity index (χ1n) is 9.55. The van der Waals surface area contributed by atoms with Gasteiger partial charge in [-0.15, -0.1) is 0 Å². The largest absolute Gasteiger partial charge is 0.456 e. The topological polar surface area (TPSA) is 114 Å². The molecule has 1 aromatic carbocycles. The fraction of sp³-hybridized carbons (Fsp3) is 0.182. The Hall–Kier alpha value is -3.95. The second-order valence-electron chi connectivity index (χ2n) is 6.76. The summed E-state index contributed by atoms with van der Waals surface area (Å²) in [5.41, 5.74) is 5.89. The quantitative estimate of drug-likeness (QED) is 0.463. The Labute approximate surface area is 182 Å². The molecule has 1 amide bonds. The molecule has 0 saturated carbocycles. The number of benzene rings is 1. The number of amides is 1. The Morgan fingerprint density at radius 2 is 1.91 bits per heavy atom. The molecule has 2 heterocycles. The van der Waals surface area contributed by atoms with Gasteiger partial charge in [-0.25, -0.2) is 4.98 Å². The number of anilines is 1. The number of primary amides is 1. The molecule has 3 rings (SSSR count). The van der Waals surface area contributed by atoms with Crippen LogP contribution in [0, 0.1) is 5.41 Å². The van der Waals surface area contributed by atoms with Crippen LogP contribution in [0.2, 0.25) is 0 Å². The third-order valence-corrected chi connectivity index (χ3v) is 4.67. The van der Waals surface area contributed by atoms with Gasteiger partial charge in [-0.2, -0.15) is 13.2 Å². The zero-order valence-corrected chi connectivity index (χ0v) is 17.2. The molecule has 166 valence electrons. The summed E-state index contributed by atoms with van der Waals surface area (Å²) in [6, 6.07) is 9.77. The summed E-state index contributed by atoms with van der Waals surface area (Å²) >= 11 is 0. The lowest BCUT2D eigenvalue weighted by Gasteiger charge is -2.14. The van der Waals surface area contributed by atoms with Crippen LogP contribution in [0.5, 0.6) is 11.5 Å². The minimum Gasteiger partial charge on any atom is -0.456 e. The average Bonchev–Trinajstić information content (AvgIpc) is 2.77. The summed E-state index contributed by atoms with van der Waals surface area (Å²) in [6.07, 6.45) is -1.56. The van der Waals surface area contributed by atoms with Crippen molar-refractivity contribution in [2.45, 2.75) is 19.5 Å². The summed E-state index contributed by atoms with van der Waals surface area (Å²) in [6.45, 7) is 1.91. The minimum absolute atomic E-state index is 0.00809. The Morgan fingerprint density at radius 3 is 2.53 bits per heavy atom. The van der Waals surface area contributed by atoms with Crippen LogP contribution < -0.4 is 15.8 Å². The maximum absolute atomic E-state index is 12.9. The van der Waals surface area contributed by atoms with Gasteiger partial charge in [0.05, 0.1) is 17.6 Å².